The molecule has 3 aliphatic rings. The van der Waals surface area contributed by atoms with Crippen LogP contribution in [0.4, 0.5) is 19.0 Å². The maximum atomic E-state index is 13.7. The first kappa shape index (κ1) is 22.2. The SMILES string of the molecule is Cc1ccc(-c2ncccn2)c(C(=O)N2C[C@H]3CC[C@H]2[C@H](Nc2cnc(C(F)(F)F)cn2)C3)n1. The minimum Gasteiger partial charge on any atom is -0.364 e. The van der Waals surface area contributed by atoms with Gasteiger partial charge in [0, 0.05) is 30.7 Å². The number of alkyl halides is 3. The summed E-state index contributed by atoms with van der Waals surface area (Å²) in [6.07, 6.45) is 3.06. The molecule has 3 fully saturated rings. The van der Waals surface area contributed by atoms with Crippen LogP contribution in [0.25, 0.3) is 11.4 Å². The zero-order chi connectivity index (χ0) is 23.9. The fourth-order valence-corrected chi connectivity index (χ4v) is 4.80. The summed E-state index contributed by atoms with van der Waals surface area (Å²) in [5.74, 6) is 0.751. The quantitative estimate of drug-likeness (QED) is 0.621. The van der Waals surface area contributed by atoms with Crippen molar-refractivity contribution < 1.29 is 18.0 Å². The Morgan fingerprint density at radius 2 is 1.88 bits per heavy atom. The van der Waals surface area contributed by atoms with Crippen LogP contribution in [0.1, 0.15) is 41.1 Å². The first-order valence-electron chi connectivity index (χ1n) is 11.0. The van der Waals surface area contributed by atoms with E-state index in [1.54, 1.807) is 24.5 Å². The van der Waals surface area contributed by atoms with Crippen molar-refractivity contribution in [3.8, 4) is 11.4 Å². The maximum absolute atomic E-state index is 13.7. The lowest BCUT2D eigenvalue weighted by Crippen LogP contribution is -2.60. The number of carbonyl (C=O) groups is 1. The van der Waals surface area contributed by atoms with Crippen molar-refractivity contribution in [1.82, 2.24) is 29.8 Å². The van der Waals surface area contributed by atoms with Crippen molar-refractivity contribution >= 4 is 11.7 Å². The third kappa shape index (κ3) is 4.29. The highest BCUT2D eigenvalue weighted by Crippen LogP contribution is 2.38. The van der Waals surface area contributed by atoms with Gasteiger partial charge >= 0.3 is 6.18 Å². The number of nitrogens with one attached hydrogen (secondary N) is 1. The van der Waals surface area contributed by atoms with Gasteiger partial charge in [-0.3, -0.25) is 4.79 Å². The van der Waals surface area contributed by atoms with Crippen molar-refractivity contribution in [3.63, 3.8) is 0 Å². The lowest BCUT2D eigenvalue weighted by molar-refractivity contribution is -0.141. The third-order valence-corrected chi connectivity index (χ3v) is 6.36. The summed E-state index contributed by atoms with van der Waals surface area (Å²) in [7, 11) is 0. The minimum absolute atomic E-state index is 0.145. The molecule has 8 nitrogen and oxygen atoms in total. The van der Waals surface area contributed by atoms with E-state index in [9.17, 15) is 18.0 Å². The van der Waals surface area contributed by atoms with Crippen molar-refractivity contribution in [1.29, 1.82) is 0 Å². The molecular formula is C23H22F3N7O. The number of rotatable bonds is 4. The molecule has 3 atom stereocenters. The molecular weight excluding hydrogens is 447 g/mol. The number of pyridine rings is 1. The van der Waals surface area contributed by atoms with Crippen molar-refractivity contribution in [2.24, 2.45) is 5.92 Å². The van der Waals surface area contributed by atoms with Crippen LogP contribution in [0.15, 0.2) is 43.0 Å². The minimum atomic E-state index is -4.54. The van der Waals surface area contributed by atoms with Gasteiger partial charge in [0.05, 0.1) is 24.0 Å². The van der Waals surface area contributed by atoms with Crippen molar-refractivity contribution in [2.75, 3.05) is 11.9 Å². The number of fused-ring (bicyclic) bond motifs is 3. The Morgan fingerprint density at radius 1 is 1.09 bits per heavy atom. The Hall–Kier alpha value is -3.63. The van der Waals surface area contributed by atoms with E-state index < -0.39 is 11.9 Å². The first-order chi connectivity index (χ1) is 16.3. The number of amides is 1. The van der Waals surface area contributed by atoms with Gasteiger partial charge < -0.3 is 10.2 Å². The number of hydrogen-bond donors (Lipinski definition) is 1. The molecule has 176 valence electrons. The lowest BCUT2D eigenvalue weighted by atomic mass is 9.76. The topological polar surface area (TPSA) is 96.8 Å². The Kier molecular flexibility index (Phi) is 5.62. The Bertz CT molecular complexity index is 1190. The van der Waals surface area contributed by atoms with E-state index in [2.05, 4.69) is 30.2 Å². The first-order valence-corrected chi connectivity index (χ1v) is 11.0. The molecule has 11 heteroatoms. The van der Waals surface area contributed by atoms with E-state index in [-0.39, 0.29) is 29.7 Å². The van der Waals surface area contributed by atoms with E-state index in [0.29, 0.717) is 29.3 Å². The molecule has 0 aromatic carbocycles. The average Bonchev–Trinajstić information content (AvgIpc) is 2.84. The molecule has 1 amide bonds. The highest BCUT2D eigenvalue weighted by molar-refractivity contribution is 5.98. The Labute approximate surface area is 193 Å². The van der Waals surface area contributed by atoms with Gasteiger partial charge in [0.2, 0.25) is 0 Å². The van der Waals surface area contributed by atoms with Gasteiger partial charge in [0.25, 0.3) is 5.91 Å². The summed E-state index contributed by atoms with van der Waals surface area (Å²) in [6.45, 7) is 2.42. The highest BCUT2D eigenvalue weighted by atomic mass is 19.4. The molecule has 2 bridgehead atoms. The zero-order valence-electron chi connectivity index (χ0n) is 18.3. The summed E-state index contributed by atoms with van der Waals surface area (Å²) in [5, 5.41) is 3.20. The molecule has 0 spiro atoms. The molecule has 6 rings (SSSR count). The largest absolute Gasteiger partial charge is 0.434 e. The fourth-order valence-electron chi connectivity index (χ4n) is 4.80. The highest BCUT2D eigenvalue weighted by Gasteiger charge is 2.44. The average molecular weight is 469 g/mol. The Morgan fingerprint density at radius 3 is 2.56 bits per heavy atom. The van der Waals surface area contributed by atoms with Gasteiger partial charge in [-0.2, -0.15) is 13.2 Å². The molecule has 5 heterocycles. The number of halogens is 3. The van der Waals surface area contributed by atoms with Gasteiger partial charge in [0.15, 0.2) is 11.5 Å². The van der Waals surface area contributed by atoms with E-state index in [1.807, 2.05) is 17.9 Å². The van der Waals surface area contributed by atoms with Gasteiger partial charge in [-0.15, -0.1) is 0 Å². The molecule has 1 N–H and O–H groups in total. The standard InChI is InChI=1S/C23H22F3N7O/c1-13-3-5-15(21-27-7-2-8-28-21)20(31-13)22(34)33-12-14-4-6-17(33)16(9-14)32-19-11-29-18(10-30-19)23(24,25)26/h2-3,5,7-8,10-11,14,16-17H,4,6,9,12H2,1H3,(H,30,32)/t14-,16+,17-/m0/s1. The summed E-state index contributed by atoms with van der Waals surface area (Å²) in [4.78, 5) is 36.0. The van der Waals surface area contributed by atoms with Crippen LogP contribution in [0.3, 0.4) is 0 Å². The van der Waals surface area contributed by atoms with E-state index in [4.69, 9.17) is 0 Å². The van der Waals surface area contributed by atoms with E-state index in [0.717, 1.165) is 31.7 Å². The molecule has 3 aromatic rings. The normalized spacial score (nSPS) is 22.0. The number of anilines is 1. The summed E-state index contributed by atoms with van der Waals surface area (Å²) in [6, 6.07) is 5.03. The predicted octanol–water partition coefficient (Wildman–Crippen LogP) is 3.76. The number of piperidine rings is 2. The smallest absolute Gasteiger partial charge is 0.364 e. The molecule has 34 heavy (non-hydrogen) atoms. The van der Waals surface area contributed by atoms with Crippen LogP contribution >= 0.6 is 0 Å². The molecule has 3 aromatic heterocycles. The monoisotopic (exact) mass is 469 g/mol. The maximum Gasteiger partial charge on any atom is 0.434 e. The van der Waals surface area contributed by atoms with Crippen LogP contribution in [0, 0.1) is 12.8 Å². The van der Waals surface area contributed by atoms with E-state index in [1.165, 1.54) is 0 Å². The second-order valence-electron chi connectivity index (χ2n) is 8.66. The van der Waals surface area contributed by atoms with Crippen molar-refractivity contribution in [2.45, 2.75) is 44.4 Å². The van der Waals surface area contributed by atoms with Gasteiger partial charge in [-0.05, 0) is 50.3 Å². The van der Waals surface area contributed by atoms with E-state index >= 15 is 0 Å². The molecule has 0 radical (unpaired) electrons. The molecule has 2 saturated heterocycles. The fraction of sp³-hybridized carbons (Fsp3) is 0.391. The second kappa shape index (κ2) is 8.62. The summed E-state index contributed by atoms with van der Waals surface area (Å²) in [5.41, 5.74) is 0.531. The molecule has 1 saturated carbocycles. The predicted molar refractivity (Wildman–Crippen MR) is 117 cm³/mol. The molecule has 2 aliphatic heterocycles. The molecule has 1 aliphatic carbocycles. The van der Waals surface area contributed by atoms with Crippen LogP contribution in [0.5, 0.6) is 0 Å². The zero-order valence-corrected chi connectivity index (χ0v) is 18.3. The van der Waals surface area contributed by atoms with Crippen LogP contribution in [-0.4, -0.2) is 54.4 Å². The number of carbonyl (C=O) groups excluding carboxylic acids is 1. The van der Waals surface area contributed by atoms with Gasteiger partial charge in [0.1, 0.15) is 11.5 Å². The lowest BCUT2D eigenvalue weighted by Gasteiger charge is -2.50. The van der Waals surface area contributed by atoms with Gasteiger partial charge in [-0.1, -0.05) is 0 Å². The summed E-state index contributed by atoms with van der Waals surface area (Å²) >= 11 is 0. The van der Waals surface area contributed by atoms with Crippen molar-refractivity contribution in [3.05, 3.63) is 60.1 Å². The second-order valence-corrected chi connectivity index (χ2v) is 8.66. The third-order valence-electron chi connectivity index (χ3n) is 6.36. The Balaban J connectivity index is 1.40. The number of nitrogens with zero attached hydrogens (tertiary/aromatic N) is 6. The number of hydrogen-bond acceptors (Lipinski definition) is 7. The van der Waals surface area contributed by atoms with Crippen LogP contribution in [0.2, 0.25) is 0 Å². The van der Waals surface area contributed by atoms with Gasteiger partial charge in [-0.25, -0.2) is 24.9 Å². The van der Waals surface area contributed by atoms with Crippen LogP contribution in [-0.2, 0) is 6.18 Å². The number of aryl methyl sites for hydroxylation is 1. The summed E-state index contributed by atoms with van der Waals surface area (Å²) < 4.78 is 38.4. The molecule has 0 unspecified atom stereocenters. The van der Waals surface area contributed by atoms with Crippen LogP contribution < -0.4 is 5.32 Å². The number of aromatic nitrogens is 5.